The van der Waals surface area contributed by atoms with E-state index in [0.29, 0.717) is 17.0 Å². The fraction of sp³-hybridized carbons (Fsp3) is 0.294. The Morgan fingerprint density at radius 1 is 1.12 bits per heavy atom. The van der Waals surface area contributed by atoms with E-state index in [0.717, 1.165) is 18.9 Å². The molecule has 0 spiro atoms. The standard InChI is InChI=1S/C17H18N6O/c24-17(13-5-4-8-18-11-13)20-14-12-23-15(19-14)6-7-16(21-23)22-9-2-1-3-10-22/h4-8,11-12H,1-3,9-10H2,(H,20,24). The van der Waals surface area contributed by atoms with Crippen LogP contribution in [0.25, 0.3) is 5.65 Å². The molecule has 1 aliphatic rings. The van der Waals surface area contributed by atoms with Gasteiger partial charge >= 0.3 is 0 Å². The van der Waals surface area contributed by atoms with Crippen molar-refractivity contribution in [2.24, 2.45) is 0 Å². The van der Waals surface area contributed by atoms with Gasteiger partial charge in [-0.2, -0.15) is 0 Å². The van der Waals surface area contributed by atoms with Gasteiger partial charge in [-0.25, -0.2) is 9.50 Å². The molecule has 4 rings (SSSR count). The van der Waals surface area contributed by atoms with Gasteiger partial charge < -0.3 is 10.2 Å². The lowest BCUT2D eigenvalue weighted by Gasteiger charge is -2.27. The summed E-state index contributed by atoms with van der Waals surface area (Å²) < 4.78 is 1.71. The van der Waals surface area contributed by atoms with Crippen molar-refractivity contribution < 1.29 is 4.79 Å². The molecule has 0 radical (unpaired) electrons. The quantitative estimate of drug-likeness (QED) is 0.801. The maximum Gasteiger partial charge on any atom is 0.258 e. The van der Waals surface area contributed by atoms with Crippen LogP contribution in [0.1, 0.15) is 29.6 Å². The Balaban J connectivity index is 1.55. The first-order valence-corrected chi connectivity index (χ1v) is 8.12. The zero-order valence-electron chi connectivity index (χ0n) is 13.2. The highest BCUT2D eigenvalue weighted by atomic mass is 16.1. The first kappa shape index (κ1) is 14.6. The second-order valence-corrected chi connectivity index (χ2v) is 5.86. The van der Waals surface area contributed by atoms with Crippen LogP contribution in [-0.4, -0.2) is 38.6 Å². The second-order valence-electron chi connectivity index (χ2n) is 5.86. The van der Waals surface area contributed by atoms with Crippen molar-refractivity contribution in [3.05, 3.63) is 48.4 Å². The molecule has 0 bridgehead atoms. The number of amides is 1. The Hall–Kier alpha value is -2.96. The molecule has 0 unspecified atom stereocenters. The predicted molar refractivity (Wildman–Crippen MR) is 91.2 cm³/mol. The highest BCUT2D eigenvalue weighted by Crippen LogP contribution is 2.19. The number of hydrogen-bond acceptors (Lipinski definition) is 5. The zero-order valence-corrected chi connectivity index (χ0v) is 13.2. The fourth-order valence-corrected chi connectivity index (χ4v) is 2.91. The van der Waals surface area contributed by atoms with E-state index < -0.39 is 0 Å². The summed E-state index contributed by atoms with van der Waals surface area (Å²) in [5, 5.41) is 7.40. The maximum absolute atomic E-state index is 12.2. The van der Waals surface area contributed by atoms with Gasteiger partial charge in [0, 0.05) is 25.5 Å². The van der Waals surface area contributed by atoms with Crippen molar-refractivity contribution in [3.8, 4) is 0 Å². The Morgan fingerprint density at radius 2 is 2.00 bits per heavy atom. The van der Waals surface area contributed by atoms with Crippen LogP contribution in [0.5, 0.6) is 0 Å². The van der Waals surface area contributed by atoms with E-state index in [9.17, 15) is 4.79 Å². The van der Waals surface area contributed by atoms with Gasteiger partial charge in [0.1, 0.15) is 5.82 Å². The average Bonchev–Trinajstić information content (AvgIpc) is 3.04. The Morgan fingerprint density at radius 3 is 2.79 bits per heavy atom. The number of pyridine rings is 1. The molecule has 1 aliphatic heterocycles. The van der Waals surface area contributed by atoms with Crippen LogP contribution in [0, 0.1) is 0 Å². The van der Waals surface area contributed by atoms with Gasteiger partial charge in [-0.3, -0.25) is 9.78 Å². The van der Waals surface area contributed by atoms with E-state index in [2.05, 4.69) is 25.3 Å². The monoisotopic (exact) mass is 322 g/mol. The molecule has 1 amide bonds. The number of carbonyl (C=O) groups excluding carboxylic acids is 1. The number of imidazole rings is 1. The van der Waals surface area contributed by atoms with Crippen LogP contribution in [0.3, 0.4) is 0 Å². The molecule has 0 saturated carbocycles. The van der Waals surface area contributed by atoms with Crippen molar-refractivity contribution in [1.29, 1.82) is 0 Å². The molecular formula is C17H18N6O. The lowest BCUT2D eigenvalue weighted by atomic mass is 10.1. The van der Waals surface area contributed by atoms with E-state index in [1.165, 1.54) is 25.5 Å². The number of rotatable bonds is 3. The lowest BCUT2D eigenvalue weighted by molar-refractivity contribution is 0.102. The smallest absolute Gasteiger partial charge is 0.258 e. The molecule has 4 heterocycles. The minimum Gasteiger partial charge on any atom is -0.355 e. The highest BCUT2D eigenvalue weighted by Gasteiger charge is 2.14. The molecular weight excluding hydrogens is 304 g/mol. The molecule has 122 valence electrons. The SMILES string of the molecule is O=C(Nc1cn2nc(N3CCCCC3)ccc2n1)c1cccnc1. The minimum atomic E-state index is -0.234. The van der Waals surface area contributed by atoms with Crippen LogP contribution in [0.4, 0.5) is 11.6 Å². The molecule has 0 aliphatic carbocycles. The largest absolute Gasteiger partial charge is 0.355 e. The highest BCUT2D eigenvalue weighted by molar-refractivity contribution is 6.03. The lowest BCUT2D eigenvalue weighted by Crippen LogP contribution is -2.30. The van der Waals surface area contributed by atoms with Crippen LogP contribution < -0.4 is 10.2 Å². The summed E-state index contributed by atoms with van der Waals surface area (Å²) in [6.45, 7) is 2.08. The first-order chi connectivity index (χ1) is 11.8. The summed E-state index contributed by atoms with van der Waals surface area (Å²) in [6, 6.07) is 7.35. The van der Waals surface area contributed by atoms with Gasteiger partial charge in [0.2, 0.25) is 0 Å². The normalized spacial score (nSPS) is 14.8. The summed E-state index contributed by atoms with van der Waals surface area (Å²) >= 11 is 0. The summed E-state index contributed by atoms with van der Waals surface area (Å²) in [5.41, 5.74) is 1.20. The number of carbonyl (C=O) groups is 1. The minimum absolute atomic E-state index is 0.234. The first-order valence-electron chi connectivity index (χ1n) is 8.12. The van der Waals surface area contributed by atoms with Gasteiger partial charge in [0.15, 0.2) is 11.5 Å². The fourth-order valence-electron chi connectivity index (χ4n) is 2.91. The Bertz CT molecular complexity index is 854. The molecule has 7 nitrogen and oxygen atoms in total. The number of anilines is 2. The molecule has 1 saturated heterocycles. The number of piperidine rings is 1. The second kappa shape index (κ2) is 6.27. The summed E-state index contributed by atoms with van der Waals surface area (Å²) in [6.07, 6.45) is 8.59. The molecule has 0 aromatic carbocycles. The third-order valence-corrected chi connectivity index (χ3v) is 4.15. The molecule has 3 aromatic rings. The predicted octanol–water partition coefficient (Wildman–Crippen LogP) is 2.37. The number of nitrogens with zero attached hydrogens (tertiary/aromatic N) is 5. The number of fused-ring (bicyclic) bond motifs is 1. The van der Waals surface area contributed by atoms with Crippen molar-refractivity contribution in [3.63, 3.8) is 0 Å². The zero-order chi connectivity index (χ0) is 16.4. The Labute approximate surface area is 139 Å². The van der Waals surface area contributed by atoms with Crippen LogP contribution in [0.2, 0.25) is 0 Å². The molecule has 3 aromatic heterocycles. The maximum atomic E-state index is 12.2. The molecule has 1 fully saturated rings. The van der Waals surface area contributed by atoms with Crippen LogP contribution in [-0.2, 0) is 0 Å². The molecule has 7 heteroatoms. The number of aromatic nitrogens is 4. The van der Waals surface area contributed by atoms with Crippen LogP contribution in [0.15, 0.2) is 42.9 Å². The summed E-state index contributed by atoms with van der Waals surface area (Å²) in [7, 11) is 0. The molecule has 1 N–H and O–H groups in total. The van der Waals surface area contributed by atoms with Crippen molar-refractivity contribution in [1.82, 2.24) is 19.6 Å². The van der Waals surface area contributed by atoms with Crippen molar-refractivity contribution >= 4 is 23.2 Å². The van der Waals surface area contributed by atoms with E-state index >= 15 is 0 Å². The summed E-state index contributed by atoms with van der Waals surface area (Å²) in [5.74, 6) is 1.19. The van der Waals surface area contributed by atoms with Crippen molar-refractivity contribution in [2.75, 3.05) is 23.3 Å². The van der Waals surface area contributed by atoms with E-state index in [4.69, 9.17) is 0 Å². The van der Waals surface area contributed by atoms with Gasteiger partial charge in [-0.05, 0) is 43.5 Å². The third-order valence-electron chi connectivity index (χ3n) is 4.15. The van der Waals surface area contributed by atoms with Crippen LogP contribution >= 0.6 is 0 Å². The third kappa shape index (κ3) is 2.92. The summed E-state index contributed by atoms with van der Waals surface area (Å²) in [4.78, 5) is 22.8. The van der Waals surface area contributed by atoms with Gasteiger partial charge in [0.05, 0.1) is 11.8 Å². The average molecular weight is 322 g/mol. The van der Waals surface area contributed by atoms with Gasteiger partial charge in [-0.15, -0.1) is 5.10 Å². The number of nitrogens with one attached hydrogen (secondary N) is 1. The topological polar surface area (TPSA) is 75.4 Å². The van der Waals surface area contributed by atoms with E-state index in [1.807, 2.05) is 12.1 Å². The number of hydrogen-bond donors (Lipinski definition) is 1. The van der Waals surface area contributed by atoms with Crippen molar-refractivity contribution in [2.45, 2.75) is 19.3 Å². The van der Waals surface area contributed by atoms with E-state index in [-0.39, 0.29) is 5.91 Å². The molecule has 24 heavy (non-hydrogen) atoms. The Kier molecular flexibility index (Phi) is 3.82. The van der Waals surface area contributed by atoms with Gasteiger partial charge in [0.25, 0.3) is 5.91 Å². The van der Waals surface area contributed by atoms with Gasteiger partial charge in [-0.1, -0.05) is 0 Å². The molecule has 0 atom stereocenters. The van der Waals surface area contributed by atoms with E-state index in [1.54, 1.807) is 29.0 Å².